The van der Waals surface area contributed by atoms with Crippen LogP contribution in [-0.4, -0.2) is 38.5 Å². The van der Waals surface area contributed by atoms with Gasteiger partial charge in [0.05, 0.1) is 17.8 Å². The quantitative estimate of drug-likeness (QED) is 0.512. The van der Waals surface area contributed by atoms with Gasteiger partial charge in [0, 0.05) is 24.4 Å². The number of halogens is 1. The fourth-order valence-corrected chi connectivity index (χ4v) is 2.32. The Hall–Kier alpha value is -3.26. The van der Waals surface area contributed by atoms with Gasteiger partial charge in [-0.25, -0.2) is 4.79 Å². The van der Waals surface area contributed by atoms with E-state index in [0.717, 1.165) is 0 Å². The lowest BCUT2D eigenvalue weighted by Gasteiger charge is -2.11. The zero-order chi connectivity index (χ0) is 20.0. The Morgan fingerprint density at radius 1 is 1.15 bits per heavy atom. The molecule has 0 saturated carbocycles. The summed E-state index contributed by atoms with van der Waals surface area (Å²) in [6.45, 7) is -0.513. The zero-order valence-electron chi connectivity index (χ0n) is 14.7. The summed E-state index contributed by atoms with van der Waals surface area (Å²) in [6.07, 6.45) is 0. The molecule has 0 aromatic heterocycles. The fraction of sp³-hybridized carbons (Fsp3) is 0.167. The molecule has 0 aliphatic heterocycles. The normalized spacial score (nSPS) is 10.0. The molecule has 0 atom stereocenters. The Kier molecular flexibility index (Phi) is 6.62. The molecule has 0 heterocycles. The van der Waals surface area contributed by atoms with E-state index < -0.39 is 18.5 Å². The number of carbonyl (C=O) groups is 3. The highest BCUT2D eigenvalue weighted by molar-refractivity contribution is 6.33. The highest BCUT2D eigenvalue weighted by Gasteiger charge is 2.17. The summed E-state index contributed by atoms with van der Waals surface area (Å²) in [4.78, 5) is 35.6. The second-order valence-corrected chi connectivity index (χ2v) is 5.76. The lowest BCUT2D eigenvalue weighted by atomic mass is 10.2. The molecule has 2 amide bonds. The molecule has 0 radical (unpaired) electrons. The molecule has 0 bridgehead atoms. The lowest BCUT2D eigenvalue weighted by Crippen LogP contribution is -2.21. The van der Waals surface area contributed by atoms with Crippen molar-refractivity contribution in [2.75, 3.05) is 31.8 Å². The van der Waals surface area contributed by atoms with Gasteiger partial charge in [-0.05, 0) is 30.3 Å². The molecule has 0 fully saturated rings. The van der Waals surface area contributed by atoms with Gasteiger partial charge in [-0.2, -0.15) is 0 Å². The molecule has 2 rings (SSSR count). The predicted molar refractivity (Wildman–Crippen MR) is 101 cm³/mol. The first-order valence-corrected chi connectivity index (χ1v) is 8.15. The first-order valence-electron chi connectivity index (χ1n) is 7.77. The third-order valence-electron chi connectivity index (χ3n) is 3.53. The average molecular weight is 392 g/mol. The summed E-state index contributed by atoms with van der Waals surface area (Å²) in [5.41, 5.74) is 6.87. The maximum atomic E-state index is 12.2. The Morgan fingerprint density at radius 3 is 2.41 bits per heavy atom. The number of esters is 1. The van der Waals surface area contributed by atoms with Crippen LogP contribution in [0.3, 0.4) is 0 Å². The Bertz CT molecular complexity index is 868. The zero-order valence-corrected chi connectivity index (χ0v) is 15.4. The van der Waals surface area contributed by atoms with Crippen LogP contribution in [0, 0.1) is 0 Å². The van der Waals surface area contributed by atoms with Gasteiger partial charge >= 0.3 is 5.97 Å². The molecule has 0 aliphatic rings. The van der Waals surface area contributed by atoms with E-state index in [4.69, 9.17) is 26.8 Å². The smallest absolute Gasteiger partial charge is 0.342 e. The standard InChI is InChI=1S/C18H18ClN3O5/c1-21-17(24)10-3-5-11(6-4-10)22-16(23)9-27-18(25)12-7-13(19)14(20)8-15(12)26-2/h3-8H,9,20H2,1-2H3,(H,21,24)(H,22,23). The maximum absolute atomic E-state index is 12.2. The van der Waals surface area contributed by atoms with Crippen molar-refractivity contribution >= 4 is 40.8 Å². The van der Waals surface area contributed by atoms with Crippen molar-refractivity contribution in [1.82, 2.24) is 5.32 Å². The Balaban J connectivity index is 1.96. The van der Waals surface area contributed by atoms with Gasteiger partial charge < -0.3 is 25.8 Å². The molecule has 0 aliphatic carbocycles. The Morgan fingerprint density at radius 2 is 1.81 bits per heavy atom. The molecular formula is C18H18ClN3O5. The molecule has 2 aromatic carbocycles. The van der Waals surface area contributed by atoms with E-state index in [-0.39, 0.29) is 27.9 Å². The van der Waals surface area contributed by atoms with E-state index in [1.54, 1.807) is 24.3 Å². The number of carbonyl (C=O) groups excluding carboxylic acids is 3. The summed E-state index contributed by atoms with van der Waals surface area (Å²) in [6, 6.07) is 8.95. The SMILES string of the molecule is CNC(=O)c1ccc(NC(=O)COC(=O)c2cc(Cl)c(N)cc2OC)cc1. The highest BCUT2D eigenvalue weighted by Crippen LogP contribution is 2.29. The Labute approximate surface area is 160 Å². The third-order valence-corrected chi connectivity index (χ3v) is 3.86. The number of ether oxygens (including phenoxy) is 2. The second-order valence-electron chi connectivity index (χ2n) is 5.35. The molecule has 0 spiro atoms. The van der Waals surface area contributed by atoms with Crippen LogP contribution in [0.2, 0.25) is 5.02 Å². The number of nitrogens with two attached hydrogens (primary N) is 1. The van der Waals surface area contributed by atoms with Crippen molar-refractivity contribution < 1.29 is 23.9 Å². The average Bonchev–Trinajstić information content (AvgIpc) is 2.67. The molecule has 2 aromatic rings. The number of rotatable bonds is 6. The molecule has 0 unspecified atom stereocenters. The minimum atomic E-state index is -0.779. The fourth-order valence-electron chi connectivity index (χ4n) is 2.15. The van der Waals surface area contributed by atoms with Crippen molar-refractivity contribution in [2.24, 2.45) is 0 Å². The number of benzene rings is 2. The van der Waals surface area contributed by atoms with Gasteiger partial charge in [-0.3, -0.25) is 9.59 Å². The van der Waals surface area contributed by atoms with E-state index >= 15 is 0 Å². The number of hydrogen-bond donors (Lipinski definition) is 3. The topological polar surface area (TPSA) is 120 Å². The molecule has 142 valence electrons. The second kappa shape index (κ2) is 8.91. The molecule has 0 saturated heterocycles. The van der Waals surface area contributed by atoms with Crippen LogP contribution in [0.1, 0.15) is 20.7 Å². The largest absolute Gasteiger partial charge is 0.496 e. The van der Waals surface area contributed by atoms with Gasteiger partial charge in [0.1, 0.15) is 11.3 Å². The van der Waals surface area contributed by atoms with Crippen LogP contribution < -0.4 is 21.1 Å². The van der Waals surface area contributed by atoms with E-state index in [2.05, 4.69) is 10.6 Å². The van der Waals surface area contributed by atoms with Gasteiger partial charge in [0.2, 0.25) is 0 Å². The first-order chi connectivity index (χ1) is 12.8. The molecular weight excluding hydrogens is 374 g/mol. The summed E-state index contributed by atoms with van der Waals surface area (Å²) in [5, 5.41) is 5.22. The van der Waals surface area contributed by atoms with E-state index in [0.29, 0.717) is 11.3 Å². The molecule has 4 N–H and O–H groups in total. The van der Waals surface area contributed by atoms with Crippen LogP contribution in [0.5, 0.6) is 5.75 Å². The highest BCUT2D eigenvalue weighted by atomic mass is 35.5. The van der Waals surface area contributed by atoms with Crippen molar-refractivity contribution in [1.29, 1.82) is 0 Å². The number of anilines is 2. The van der Waals surface area contributed by atoms with E-state index in [1.807, 2.05) is 0 Å². The third kappa shape index (κ3) is 5.11. The summed E-state index contributed by atoms with van der Waals surface area (Å²) < 4.78 is 10.1. The minimum absolute atomic E-state index is 0.0550. The summed E-state index contributed by atoms with van der Waals surface area (Å²) in [7, 11) is 2.89. The molecule has 9 heteroatoms. The van der Waals surface area contributed by atoms with Gasteiger partial charge in [0.25, 0.3) is 11.8 Å². The molecule has 27 heavy (non-hydrogen) atoms. The molecule has 8 nitrogen and oxygen atoms in total. The summed E-state index contributed by atoms with van der Waals surface area (Å²) in [5.74, 6) is -1.37. The van der Waals surface area contributed by atoms with Crippen LogP contribution in [-0.2, 0) is 9.53 Å². The van der Waals surface area contributed by atoms with Gasteiger partial charge in [0.15, 0.2) is 6.61 Å². The van der Waals surface area contributed by atoms with Crippen LogP contribution in [0.25, 0.3) is 0 Å². The van der Waals surface area contributed by atoms with Crippen molar-refractivity contribution in [2.45, 2.75) is 0 Å². The predicted octanol–water partition coefficient (Wildman–Crippen LogP) is 2.09. The van der Waals surface area contributed by atoms with Crippen LogP contribution in [0.15, 0.2) is 36.4 Å². The monoisotopic (exact) mass is 391 g/mol. The summed E-state index contributed by atoms with van der Waals surface area (Å²) >= 11 is 5.91. The number of nitrogens with one attached hydrogen (secondary N) is 2. The lowest BCUT2D eigenvalue weighted by molar-refractivity contribution is -0.119. The first kappa shape index (κ1) is 20.1. The maximum Gasteiger partial charge on any atom is 0.342 e. The minimum Gasteiger partial charge on any atom is -0.496 e. The van der Waals surface area contributed by atoms with Crippen molar-refractivity contribution in [3.05, 3.63) is 52.5 Å². The van der Waals surface area contributed by atoms with Crippen molar-refractivity contribution in [3.8, 4) is 5.75 Å². The van der Waals surface area contributed by atoms with Gasteiger partial charge in [-0.1, -0.05) is 11.6 Å². The van der Waals surface area contributed by atoms with Gasteiger partial charge in [-0.15, -0.1) is 0 Å². The number of methoxy groups -OCH3 is 1. The van der Waals surface area contributed by atoms with E-state index in [9.17, 15) is 14.4 Å². The van der Waals surface area contributed by atoms with Crippen molar-refractivity contribution in [3.63, 3.8) is 0 Å². The van der Waals surface area contributed by atoms with E-state index in [1.165, 1.54) is 26.3 Å². The number of amides is 2. The van der Waals surface area contributed by atoms with Crippen LogP contribution >= 0.6 is 11.6 Å². The van der Waals surface area contributed by atoms with Crippen LogP contribution in [0.4, 0.5) is 11.4 Å². The number of hydrogen-bond acceptors (Lipinski definition) is 6. The number of nitrogen functional groups attached to an aromatic ring is 1.